The third kappa shape index (κ3) is 4.31. The van der Waals surface area contributed by atoms with Crippen molar-refractivity contribution >= 4 is 45.8 Å². The average molecular weight is 455 g/mol. The number of carbonyl (C=O) groups excluding carboxylic acids is 2. The molecule has 1 aromatic carbocycles. The van der Waals surface area contributed by atoms with Crippen LogP contribution in [0.4, 0.5) is 0 Å². The van der Waals surface area contributed by atoms with Gasteiger partial charge in [0.15, 0.2) is 11.6 Å². The van der Waals surface area contributed by atoms with Gasteiger partial charge in [0, 0.05) is 24.3 Å². The zero-order chi connectivity index (χ0) is 21.1. The molecule has 0 saturated heterocycles. The molecular weight excluding hydrogens is 436 g/mol. The lowest BCUT2D eigenvalue weighted by molar-refractivity contribution is 0.0948. The smallest absolute Gasteiger partial charge is 0.173 e. The standard InChI is InChI=1S/C23H19ClN2O2S2/c1-15-22(23(24)26(25-15)17-7-3-2-4-8-17)16(13-18(27)20-9-5-11-29-20)14-19(28)21-10-6-12-30-21/h2-12,16H,13-14H2,1H3. The quantitative estimate of drug-likeness (QED) is 0.282. The van der Waals surface area contributed by atoms with E-state index in [2.05, 4.69) is 5.10 Å². The maximum Gasteiger partial charge on any atom is 0.173 e. The van der Waals surface area contributed by atoms with Crippen LogP contribution in [0.5, 0.6) is 0 Å². The summed E-state index contributed by atoms with van der Waals surface area (Å²) in [6.07, 6.45) is 0.414. The summed E-state index contributed by atoms with van der Waals surface area (Å²) < 4.78 is 1.67. The first-order valence-electron chi connectivity index (χ1n) is 9.48. The third-order valence-corrected chi connectivity index (χ3v) is 7.10. The Hall–Kier alpha value is -2.54. The highest BCUT2D eigenvalue weighted by atomic mass is 35.5. The highest BCUT2D eigenvalue weighted by Gasteiger charge is 2.28. The Morgan fingerprint density at radius 3 is 2.00 bits per heavy atom. The van der Waals surface area contributed by atoms with Gasteiger partial charge in [0.05, 0.1) is 21.1 Å². The molecule has 0 amide bonds. The maximum atomic E-state index is 12.9. The lowest BCUT2D eigenvalue weighted by Gasteiger charge is -2.16. The van der Waals surface area contributed by atoms with Crippen LogP contribution in [0.1, 0.15) is 49.4 Å². The fourth-order valence-electron chi connectivity index (χ4n) is 3.51. The molecule has 0 radical (unpaired) electrons. The van der Waals surface area contributed by atoms with Crippen LogP contribution in [0.3, 0.4) is 0 Å². The van der Waals surface area contributed by atoms with Crippen LogP contribution in [0.2, 0.25) is 5.15 Å². The third-order valence-electron chi connectivity index (χ3n) is 4.91. The summed E-state index contributed by atoms with van der Waals surface area (Å²) in [7, 11) is 0. The first kappa shape index (κ1) is 20.7. The summed E-state index contributed by atoms with van der Waals surface area (Å²) in [4.78, 5) is 27.2. The van der Waals surface area contributed by atoms with E-state index in [1.165, 1.54) is 22.7 Å². The summed E-state index contributed by atoms with van der Waals surface area (Å²) in [5.41, 5.74) is 2.33. The summed E-state index contributed by atoms with van der Waals surface area (Å²) in [6, 6.07) is 16.9. The molecule has 0 N–H and O–H groups in total. The minimum atomic E-state index is -0.348. The molecule has 0 bridgehead atoms. The topological polar surface area (TPSA) is 52.0 Å². The molecule has 0 fully saturated rings. The summed E-state index contributed by atoms with van der Waals surface area (Å²) >= 11 is 9.58. The van der Waals surface area contributed by atoms with Crippen molar-refractivity contribution in [1.82, 2.24) is 9.78 Å². The Bertz CT molecular complexity index is 1100. The second-order valence-electron chi connectivity index (χ2n) is 6.94. The van der Waals surface area contributed by atoms with Gasteiger partial charge in [-0.1, -0.05) is 41.9 Å². The minimum absolute atomic E-state index is 0.0110. The molecular formula is C23H19ClN2O2S2. The Labute approximate surface area is 187 Å². The van der Waals surface area contributed by atoms with Crippen LogP contribution in [-0.2, 0) is 0 Å². The SMILES string of the molecule is Cc1nn(-c2ccccc2)c(Cl)c1C(CC(=O)c1cccs1)CC(=O)c1cccs1. The van der Waals surface area contributed by atoms with Gasteiger partial charge in [0.2, 0.25) is 0 Å². The van der Waals surface area contributed by atoms with E-state index in [4.69, 9.17) is 11.6 Å². The molecule has 0 atom stereocenters. The average Bonchev–Trinajstić information content (AvgIpc) is 3.50. The molecule has 30 heavy (non-hydrogen) atoms. The lowest BCUT2D eigenvalue weighted by Crippen LogP contribution is -2.12. The van der Waals surface area contributed by atoms with Gasteiger partial charge in [-0.15, -0.1) is 22.7 Å². The van der Waals surface area contributed by atoms with Crippen molar-refractivity contribution in [3.63, 3.8) is 0 Å². The van der Waals surface area contributed by atoms with E-state index in [9.17, 15) is 9.59 Å². The number of Topliss-reactive ketones (excluding diaryl/α,β-unsaturated/α-hetero) is 2. The number of benzene rings is 1. The van der Waals surface area contributed by atoms with Gasteiger partial charge in [-0.3, -0.25) is 9.59 Å². The van der Waals surface area contributed by atoms with Gasteiger partial charge in [-0.25, -0.2) is 4.68 Å². The van der Waals surface area contributed by atoms with Crippen molar-refractivity contribution in [3.8, 4) is 5.69 Å². The second kappa shape index (κ2) is 9.08. The first-order valence-corrected chi connectivity index (χ1v) is 11.6. The molecule has 3 heterocycles. The van der Waals surface area contributed by atoms with Crippen LogP contribution in [0.25, 0.3) is 5.69 Å². The van der Waals surface area contributed by atoms with Crippen LogP contribution in [0, 0.1) is 6.92 Å². The van der Waals surface area contributed by atoms with Crippen molar-refractivity contribution in [1.29, 1.82) is 0 Å². The van der Waals surface area contributed by atoms with E-state index < -0.39 is 0 Å². The molecule has 0 unspecified atom stereocenters. The van der Waals surface area contributed by atoms with Crippen LogP contribution in [0.15, 0.2) is 65.4 Å². The minimum Gasteiger partial charge on any atom is -0.293 e. The number of thiophene rings is 2. The number of halogens is 1. The van der Waals surface area contributed by atoms with Crippen LogP contribution >= 0.6 is 34.3 Å². The molecule has 0 saturated carbocycles. The van der Waals surface area contributed by atoms with Crippen molar-refractivity contribution < 1.29 is 9.59 Å². The number of carbonyl (C=O) groups is 2. The lowest BCUT2D eigenvalue weighted by atomic mass is 9.88. The Balaban J connectivity index is 1.71. The predicted octanol–water partition coefficient (Wildman–Crippen LogP) is 6.59. The fraction of sp³-hybridized carbons (Fsp3) is 0.174. The number of ketones is 2. The number of para-hydroxylation sites is 1. The van der Waals surface area contributed by atoms with Crippen LogP contribution in [-0.4, -0.2) is 21.3 Å². The number of nitrogens with zero attached hydrogens (tertiary/aromatic N) is 2. The number of aryl methyl sites for hydroxylation is 1. The van der Waals surface area contributed by atoms with Gasteiger partial charge in [-0.2, -0.15) is 5.10 Å². The van der Waals surface area contributed by atoms with Crippen LogP contribution < -0.4 is 0 Å². The molecule has 3 aromatic heterocycles. The van der Waals surface area contributed by atoms with Crippen molar-refractivity contribution in [2.45, 2.75) is 25.7 Å². The van der Waals surface area contributed by atoms with Crippen molar-refractivity contribution in [3.05, 3.63) is 91.5 Å². The Kier molecular flexibility index (Phi) is 6.27. The normalized spacial score (nSPS) is 11.2. The zero-order valence-electron chi connectivity index (χ0n) is 16.2. The molecule has 7 heteroatoms. The molecule has 0 aliphatic rings. The van der Waals surface area contributed by atoms with Gasteiger partial charge < -0.3 is 0 Å². The van der Waals surface area contributed by atoms with E-state index in [-0.39, 0.29) is 30.3 Å². The monoisotopic (exact) mass is 454 g/mol. The Morgan fingerprint density at radius 1 is 0.933 bits per heavy atom. The number of rotatable bonds is 8. The van der Waals surface area contributed by atoms with E-state index in [0.717, 1.165) is 16.9 Å². The maximum absolute atomic E-state index is 12.9. The highest BCUT2D eigenvalue weighted by molar-refractivity contribution is 7.12. The van der Waals surface area contributed by atoms with E-state index in [0.29, 0.717) is 14.9 Å². The largest absolute Gasteiger partial charge is 0.293 e. The van der Waals surface area contributed by atoms with Gasteiger partial charge >= 0.3 is 0 Å². The Morgan fingerprint density at radius 2 is 1.50 bits per heavy atom. The number of hydrogen-bond donors (Lipinski definition) is 0. The summed E-state index contributed by atoms with van der Waals surface area (Å²) in [5.74, 6) is -0.326. The van der Waals surface area contributed by atoms with Gasteiger partial charge in [0.25, 0.3) is 0 Å². The summed E-state index contributed by atoms with van der Waals surface area (Å²) in [6.45, 7) is 1.87. The zero-order valence-corrected chi connectivity index (χ0v) is 18.6. The molecule has 152 valence electrons. The van der Waals surface area contributed by atoms with Gasteiger partial charge in [0.1, 0.15) is 5.15 Å². The van der Waals surface area contributed by atoms with Gasteiger partial charge in [-0.05, 0) is 41.9 Å². The molecule has 0 aliphatic heterocycles. The predicted molar refractivity (Wildman–Crippen MR) is 123 cm³/mol. The van der Waals surface area contributed by atoms with E-state index >= 15 is 0 Å². The molecule has 0 spiro atoms. The molecule has 4 nitrogen and oxygen atoms in total. The second-order valence-corrected chi connectivity index (χ2v) is 9.20. The molecule has 4 rings (SSSR count). The summed E-state index contributed by atoms with van der Waals surface area (Å²) in [5, 5.41) is 8.81. The molecule has 4 aromatic rings. The fourth-order valence-corrected chi connectivity index (χ4v) is 5.29. The van der Waals surface area contributed by atoms with Crippen molar-refractivity contribution in [2.24, 2.45) is 0 Å². The van der Waals surface area contributed by atoms with Crippen molar-refractivity contribution in [2.75, 3.05) is 0 Å². The number of aromatic nitrogens is 2. The highest BCUT2D eigenvalue weighted by Crippen LogP contribution is 2.36. The first-order chi connectivity index (χ1) is 14.5. The van der Waals surface area contributed by atoms with E-state index in [1.807, 2.05) is 72.3 Å². The number of hydrogen-bond acceptors (Lipinski definition) is 5. The molecule has 0 aliphatic carbocycles. The van der Waals surface area contributed by atoms with E-state index in [1.54, 1.807) is 4.68 Å².